The summed E-state index contributed by atoms with van der Waals surface area (Å²) >= 11 is 0. The van der Waals surface area contributed by atoms with Gasteiger partial charge < -0.3 is 10.2 Å². The number of aromatic nitrogens is 1. The molecule has 4 heteroatoms. The lowest BCUT2D eigenvalue weighted by Gasteiger charge is -2.19. The van der Waals surface area contributed by atoms with E-state index in [4.69, 9.17) is 0 Å². The van der Waals surface area contributed by atoms with Crippen molar-refractivity contribution in [1.82, 2.24) is 4.98 Å². The molecule has 0 aliphatic carbocycles. The lowest BCUT2D eigenvalue weighted by molar-refractivity contribution is 0.102. The molecule has 0 bridgehead atoms. The van der Waals surface area contributed by atoms with Crippen molar-refractivity contribution in [2.24, 2.45) is 0 Å². The molecule has 27 heavy (non-hydrogen) atoms. The van der Waals surface area contributed by atoms with E-state index in [2.05, 4.69) is 28.2 Å². The first-order valence-electron chi connectivity index (χ1n) is 9.78. The number of fused-ring (bicyclic) bond motifs is 2. The number of pyridine rings is 1. The molecule has 1 aliphatic heterocycles. The third-order valence-corrected chi connectivity index (χ3v) is 5.21. The highest BCUT2D eigenvalue weighted by molar-refractivity contribution is 6.05. The molecule has 2 heterocycles. The zero-order valence-electron chi connectivity index (χ0n) is 15.7. The van der Waals surface area contributed by atoms with Gasteiger partial charge in [0, 0.05) is 29.7 Å². The molecule has 1 amide bonds. The molecule has 0 radical (unpaired) electrons. The molecule has 4 nitrogen and oxygen atoms in total. The summed E-state index contributed by atoms with van der Waals surface area (Å²) in [7, 11) is 0. The fourth-order valence-corrected chi connectivity index (χ4v) is 3.74. The molecule has 3 aromatic rings. The lowest BCUT2D eigenvalue weighted by atomic mass is 10.1. The number of anilines is 2. The van der Waals surface area contributed by atoms with Crippen molar-refractivity contribution in [3.8, 4) is 0 Å². The number of hydrogen-bond donors (Lipinski definition) is 1. The highest BCUT2D eigenvalue weighted by Crippen LogP contribution is 2.29. The van der Waals surface area contributed by atoms with E-state index in [0.717, 1.165) is 36.1 Å². The molecule has 0 unspecified atom stereocenters. The summed E-state index contributed by atoms with van der Waals surface area (Å²) in [5, 5.41) is 4.00. The lowest BCUT2D eigenvalue weighted by Crippen LogP contribution is -2.21. The summed E-state index contributed by atoms with van der Waals surface area (Å²) in [4.78, 5) is 19.5. The summed E-state index contributed by atoms with van der Waals surface area (Å²) in [6.07, 6.45) is 6.46. The van der Waals surface area contributed by atoms with E-state index in [1.165, 1.54) is 30.5 Å². The van der Waals surface area contributed by atoms with Crippen molar-refractivity contribution in [3.05, 3.63) is 65.9 Å². The van der Waals surface area contributed by atoms with Gasteiger partial charge in [-0.05, 0) is 48.7 Å². The van der Waals surface area contributed by atoms with Gasteiger partial charge in [0.2, 0.25) is 0 Å². The number of amides is 1. The monoisotopic (exact) mass is 359 g/mol. The average molecular weight is 359 g/mol. The molecule has 138 valence electrons. The van der Waals surface area contributed by atoms with Gasteiger partial charge in [0.25, 0.3) is 5.91 Å². The predicted octanol–water partition coefficient (Wildman–Crippen LogP) is 5.04. The van der Waals surface area contributed by atoms with Gasteiger partial charge in [-0.25, -0.2) is 0 Å². The van der Waals surface area contributed by atoms with Gasteiger partial charge in [-0.1, -0.05) is 38.0 Å². The summed E-state index contributed by atoms with van der Waals surface area (Å²) < 4.78 is 0. The van der Waals surface area contributed by atoms with E-state index >= 15 is 0 Å². The van der Waals surface area contributed by atoms with Crippen LogP contribution in [0.25, 0.3) is 10.9 Å². The number of nitrogens with zero attached hydrogens (tertiary/aromatic N) is 2. The molecule has 1 aliphatic rings. The first-order chi connectivity index (χ1) is 13.2. The molecular weight excluding hydrogens is 334 g/mol. The SMILES string of the molecule is CCCCCN1CCc2cc(C(=O)Nc3cnc4ccccc4c3)ccc21. The first-order valence-corrected chi connectivity index (χ1v) is 9.78. The van der Waals surface area contributed by atoms with Crippen molar-refractivity contribution >= 4 is 28.2 Å². The molecule has 0 saturated heterocycles. The quantitative estimate of drug-likeness (QED) is 0.627. The minimum absolute atomic E-state index is 0.0840. The Kier molecular flexibility index (Phi) is 5.05. The molecule has 2 aromatic carbocycles. The van der Waals surface area contributed by atoms with E-state index in [1.807, 2.05) is 42.5 Å². The molecule has 0 atom stereocenters. The number of benzene rings is 2. The second kappa shape index (κ2) is 7.78. The number of para-hydroxylation sites is 1. The van der Waals surface area contributed by atoms with Gasteiger partial charge >= 0.3 is 0 Å². The van der Waals surface area contributed by atoms with Crippen LogP contribution in [0.15, 0.2) is 54.7 Å². The van der Waals surface area contributed by atoms with Crippen LogP contribution in [-0.2, 0) is 6.42 Å². The van der Waals surface area contributed by atoms with Crippen molar-refractivity contribution in [2.75, 3.05) is 23.3 Å². The van der Waals surface area contributed by atoms with Crippen LogP contribution < -0.4 is 10.2 Å². The molecule has 1 aromatic heterocycles. The molecular formula is C23H25N3O. The van der Waals surface area contributed by atoms with Crippen LogP contribution in [-0.4, -0.2) is 24.0 Å². The predicted molar refractivity (Wildman–Crippen MR) is 112 cm³/mol. The van der Waals surface area contributed by atoms with Gasteiger partial charge in [0.15, 0.2) is 0 Å². The smallest absolute Gasteiger partial charge is 0.255 e. The standard InChI is InChI=1S/C23H25N3O/c1-2-3-6-12-26-13-11-18-14-19(9-10-22(18)26)23(27)25-20-15-17-7-4-5-8-21(17)24-16-20/h4-5,7-10,14-16H,2-3,6,11-13H2,1H3,(H,25,27). The maximum Gasteiger partial charge on any atom is 0.255 e. The number of rotatable bonds is 6. The zero-order valence-corrected chi connectivity index (χ0v) is 15.7. The van der Waals surface area contributed by atoms with Gasteiger partial charge in [-0.3, -0.25) is 9.78 Å². The van der Waals surface area contributed by atoms with Crippen LogP contribution >= 0.6 is 0 Å². The average Bonchev–Trinajstić information content (AvgIpc) is 3.10. The second-order valence-corrected chi connectivity index (χ2v) is 7.16. The number of nitrogens with one attached hydrogen (secondary N) is 1. The Hall–Kier alpha value is -2.88. The van der Waals surface area contributed by atoms with Crippen LogP contribution in [0.1, 0.15) is 42.1 Å². The van der Waals surface area contributed by atoms with Gasteiger partial charge in [-0.2, -0.15) is 0 Å². The van der Waals surface area contributed by atoms with Crippen molar-refractivity contribution in [1.29, 1.82) is 0 Å². The minimum Gasteiger partial charge on any atom is -0.371 e. The normalized spacial score (nSPS) is 13.0. The number of carbonyl (C=O) groups is 1. The maximum absolute atomic E-state index is 12.7. The van der Waals surface area contributed by atoms with Crippen molar-refractivity contribution in [3.63, 3.8) is 0 Å². The highest BCUT2D eigenvalue weighted by Gasteiger charge is 2.20. The Balaban J connectivity index is 1.47. The topological polar surface area (TPSA) is 45.2 Å². The molecule has 4 rings (SSSR count). The van der Waals surface area contributed by atoms with Gasteiger partial charge in [-0.15, -0.1) is 0 Å². The van der Waals surface area contributed by atoms with Crippen LogP contribution in [0.5, 0.6) is 0 Å². The van der Waals surface area contributed by atoms with Crippen molar-refractivity contribution in [2.45, 2.75) is 32.6 Å². The van der Waals surface area contributed by atoms with E-state index in [9.17, 15) is 4.79 Å². The maximum atomic E-state index is 12.7. The highest BCUT2D eigenvalue weighted by atomic mass is 16.1. The third kappa shape index (κ3) is 3.80. The van der Waals surface area contributed by atoms with E-state index in [-0.39, 0.29) is 5.91 Å². The van der Waals surface area contributed by atoms with Crippen molar-refractivity contribution < 1.29 is 4.79 Å². The summed E-state index contributed by atoms with van der Waals surface area (Å²) in [5.41, 5.74) is 4.92. The number of unbranched alkanes of at least 4 members (excludes halogenated alkanes) is 2. The van der Waals surface area contributed by atoms with Gasteiger partial charge in [0.05, 0.1) is 17.4 Å². The number of carbonyl (C=O) groups excluding carboxylic acids is 1. The Labute approximate surface area is 160 Å². The van der Waals surface area contributed by atoms with E-state index in [1.54, 1.807) is 6.20 Å². The molecule has 0 fully saturated rings. The third-order valence-electron chi connectivity index (χ3n) is 5.21. The largest absolute Gasteiger partial charge is 0.371 e. The van der Waals surface area contributed by atoms with E-state index < -0.39 is 0 Å². The zero-order chi connectivity index (χ0) is 18.6. The van der Waals surface area contributed by atoms with Crippen LogP contribution in [0.2, 0.25) is 0 Å². The van der Waals surface area contributed by atoms with Crippen LogP contribution in [0, 0.1) is 0 Å². The van der Waals surface area contributed by atoms with Crippen LogP contribution in [0.3, 0.4) is 0 Å². The molecule has 0 saturated carbocycles. The van der Waals surface area contributed by atoms with Crippen LogP contribution in [0.4, 0.5) is 11.4 Å². The van der Waals surface area contributed by atoms with Gasteiger partial charge in [0.1, 0.15) is 0 Å². The summed E-state index contributed by atoms with van der Waals surface area (Å²) in [6.45, 7) is 4.39. The Morgan fingerprint density at radius 2 is 2.04 bits per heavy atom. The molecule has 0 spiro atoms. The number of hydrogen-bond acceptors (Lipinski definition) is 3. The molecule has 1 N–H and O–H groups in total. The summed E-state index contributed by atoms with van der Waals surface area (Å²) in [6, 6.07) is 15.9. The minimum atomic E-state index is -0.0840. The Morgan fingerprint density at radius 3 is 2.93 bits per heavy atom. The first kappa shape index (κ1) is 17.5. The second-order valence-electron chi connectivity index (χ2n) is 7.16. The summed E-state index contributed by atoms with van der Waals surface area (Å²) in [5.74, 6) is -0.0840. The fourth-order valence-electron chi connectivity index (χ4n) is 3.74. The fraction of sp³-hybridized carbons (Fsp3) is 0.304. The Morgan fingerprint density at radius 1 is 1.15 bits per heavy atom. The van der Waals surface area contributed by atoms with E-state index in [0.29, 0.717) is 5.56 Å². The Bertz CT molecular complexity index is 967.